The molecule has 1 heterocycles. The minimum absolute atomic E-state index is 0.0344. The zero-order valence-electron chi connectivity index (χ0n) is 17.3. The summed E-state index contributed by atoms with van der Waals surface area (Å²) in [6.07, 6.45) is -1.32. The topological polar surface area (TPSA) is 44.8 Å². The Morgan fingerprint density at radius 1 is 1.00 bits per heavy atom. The highest BCUT2D eigenvalue weighted by molar-refractivity contribution is 6.74. The van der Waals surface area contributed by atoms with Gasteiger partial charge in [-0.05, 0) is 36.3 Å². The lowest BCUT2D eigenvalue weighted by Gasteiger charge is -2.41. The Morgan fingerprint density at radius 3 is 1.84 bits per heavy atom. The maximum absolute atomic E-state index is 12.2. The number of carbonyl (C=O) groups is 1. The molecule has 0 amide bonds. The van der Waals surface area contributed by atoms with Gasteiger partial charge in [-0.1, -0.05) is 64.7 Å². The molecule has 1 saturated heterocycles. The Labute approximate surface area is 165 Å². The zero-order valence-corrected chi connectivity index (χ0v) is 20.8. The van der Waals surface area contributed by atoms with Crippen LogP contribution in [0.15, 0.2) is 0 Å². The molecule has 4 nitrogen and oxygen atoms in total. The molecule has 0 radical (unpaired) electrons. The van der Waals surface area contributed by atoms with E-state index in [1.165, 1.54) is 0 Å². The van der Waals surface area contributed by atoms with Crippen LogP contribution in [-0.4, -0.2) is 45.8 Å². The third kappa shape index (κ3) is 5.02. The number of carbonyl (C=O) groups excluding carboxylic acids is 1. The molecular weight excluding hydrogens is 395 g/mol. The number of rotatable bonds is 5. The maximum atomic E-state index is 12.2. The van der Waals surface area contributed by atoms with Gasteiger partial charge >= 0.3 is 5.97 Å². The molecule has 0 aliphatic carbocycles. The van der Waals surface area contributed by atoms with E-state index in [0.717, 1.165) is 0 Å². The van der Waals surface area contributed by atoms with E-state index in [9.17, 15) is 4.79 Å². The van der Waals surface area contributed by atoms with Crippen LogP contribution in [0.2, 0.25) is 36.3 Å². The maximum Gasteiger partial charge on any atom is 0.345 e. The molecular formula is C17H34Cl2O4Si2. The molecule has 0 aromatic carbocycles. The van der Waals surface area contributed by atoms with Crippen LogP contribution in [0.4, 0.5) is 0 Å². The summed E-state index contributed by atoms with van der Waals surface area (Å²) in [4.78, 5) is 12.2. The number of halogens is 2. The number of cyclic esters (lactones) is 1. The van der Waals surface area contributed by atoms with Gasteiger partial charge in [0.15, 0.2) is 22.7 Å². The average Bonchev–Trinajstić information content (AvgIpc) is 2.57. The van der Waals surface area contributed by atoms with E-state index in [-0.39, 0.29) is 16.7 Å². The van der Waals surface area contributed by atoms with Crippen molar-refractivity contribution < 1.29 is 18.4 Å². The van der Waals surface area contributed by atoms with E-state index in [2.05, 4.69) is 67.7 Å². The third-order valence-corrected chi connectivity index (χ3v) is 15.6. The molecule has 0 saturated carbocycles. The average molecular weight is 430 g/mol. The van der Waals surface area contributed by atoms with E-state index < -0.39 is 39.1 Å². The Balaban J connectivity index is 3.00. The second-order valence-corrected chi connectivity index (χ2v) is 20.9. The Morgan fingerprint density at radius 2 is 1.44 bits per heavy atom. The number of esters is 1. The van der Waals surface area contributed by atoms with Crippen LogP contribution in [0, 0.1) is 0 Å². The fourth-order valence-corrected chi connectivity index (χ4v) is 4.84. The van der Waals surface area contributed by atoms with Gasteiger partial charge in [-0.2, -0.15) is 0 Å². The fourth-order valence-electron chi connectivity index (χ4n) is 1.90. The van der Waals surface area contributed by atoms with E-state index in [1.54, 1.807) is 0 Å². The van der Waals surface area contributed by atoms with Crippen molar-refractivity contribution in [2.24, 2.45) is 0 Å². The number of hydrogen-bond donors (Lipinski definition) is 0. The monoisotopic (exact) mass is 428 g/mol. The van der Waals surface area contributed by atoms with Gasteiger partial charge in [0, 0.05) is 0 Å². The lowest BCUT2D eigenvalue weighted by Crippen LogP contribution is -2.52. The first-order valence-corrected chi connectivity index (χ1v) is 15.3. The van der Waals surface area contributed by atoms with Gasteiger partial charge < -0.3 is 13.6 Å². The zero-order chi connectivity index (χ0) is 20.1. The summed E-state index contributed by atoms with van der Waals surface area (Å²) in [5.74, 6) is -0.650. The van der Waals surface area contributed by atoms with Gasteiger partial charge in [0.25, 0.3) is 0 Å². The molecule has 1 aliphatic heterocycles. The molecule has 0 aromatic rings. The Hall–Kier alpha value is 0.404. The van der Waals surface area contributed by atoms with E-state index in [1.807, 2.05) is 0 Å². The predicted molar refractivity (Wildman–Crippen MR) is 110 cm³/mol. The second kappa shape index (κ2) is 7.10. The van der Waals surface area contributed by atoms with Crippen LogP contribution >= 0.6 is 23.2 Å². The largest absolute Gasteiger partial charge is 0.455 e. The van der Waals surface area contributed by atoms with E-state index in [0.29, 0.717) is 0 Å². The van der Waals surface area contributed by atoms with Gasteiger partial charge in [-0.15, -0.1) is 0 Å². The summed E-state index contributed by atoms with van der Waals surface area (Å²) < 4.78 is 16.4. The molecule has 0 unspecified atom stereocenters. The van der Waals surface area contributed by atoms with Gasteiger partial charge in [-0.25, -0.2) is 4.79 Å². The molecule has 0 spiro atoms. The number of alkyl halides is 2. The standard InChI is InChI=1S/C17H34Cl2O4Si2/c1-15(2,3)24(7,8)21-11-12-13(17(18,19)14(20)22-12)23-25(9,10)16(4,5)6/h12-13H,11H2,1-10H3/t12-,13-/m1/s1. The summed E-state index contributed by atoms with van der Waals surface area (Å²) in [7, 11) is -4.17. The van der Waals surface area contributed by atoms with Crippen LogP contribution in [0.3, 0.4) is 0 Å². The SMILES string of the molecule is CC(C)(C)[Si](C)(C)OC[C@H]1OC(=O)C(Cl)(Cl)[C@@H]1O[Si](C)(C)C(C)(C)C. The van der Waals surface area contributed by atoms with Gasteiger partial charge in [-0.3, -0.25) is 0 Å². The summed E-state index contributed by atoms with van der Waals surface area (Å²) >= 11 is 12.6. The predicted octanol–water partition coefficient (Wildman–Crippen LogP) is 5.50. The minimum atomic E-state index is -2.19. The smallest absolute Gasteiger partial charge is 0.345 e. The first-order chi connectivity index (χ1) is 10.8. The molecule has 0 N–H and O–H groups in total. The highest BCUT2D eigenvalue weighted by Gasteiger charge is 2.59. The highest BCUT2D eigenvalue weighted by atomic mass is 35.5. The van der Waals surface area contributed by atoms with Crippen LogP contribution in [0.5, 0.6) is 0 Å². The van der Waals surface area contributed by atoms with Gasteiger partial charge in [0.05, 0.1) is 6.61 Å². The lowest BCUT2D eigenvalue weighted by molar-refractivity contribution is -0.143. The quantitative estimate of drug-likeness (QED) is 0.329. The van der Waals surface area contributed by atoms with Crippen LogP contribution in [-0.2, 0) is 18.4 Å². The summed E-state index contributed by atoms with van der Waals surface area (Å²) in [5, 5.41) is 0.0255. The van der Waals surface area contributed by atoms with Gasteiger partial charge in [0.2, 0.25) is 4.33 Å². The molecule has 0 bridgehead atoms. The molecule has 2 atom stereocenters. The van der Waals surface area contributed by atoms with Crippen molar-refractivity contribution in [2.45, 2.75) is 94.3 Å². The third-order valence-electron chi connectivity index (χ3n) is 5.87. The molecule has 1 aliphatic rings. The van der Waals surface area contributed by atoms with Crippen molar-refractivity contribution in [1.29, 1.82) is 0 Å². The van der Waals surface area contributed by atoms with Crippen molar-refractivity contribution >= 4 is 45.8 Å². The first kappa shape index (κ1) is 23.4. The minimum Gasteiger partial charge on any atom is -0.455 e. The molecule has 0 aromatic heterocycles. The van der Waals surface area contributed by atoms with E-state index >= 15 is 0 Å². The summed E-state index contributed by atoms with van der Waals surface area (Å²) in [5.41, 5.74) is 0. The van der Waals surface area contributed by atoms with Crippen LogP contribution in [0.1, 0.15) is 41.5 Å². The molecule has 8 heteroatoms. The molecule has 1 rings (SSSR count). The summed E-state index contributed by atoms with van der Waals surface area (Å²) in [6, 6.07) is 0. The fraction of sp³-hybridized carbons (Fsp3) is 0.941. The first-order valence-electron chi connectivity index (χ1n) is 8.73. The van der Waals surface area contributed by atoms with Crippen molar-refractivity contribution in [1.82, 2.24) is 0 Å². The second-order valence-electron chi connectivity index (χ2n) is 9.94. The Kier molecular flexibility index (Phi) is 6.65. The van der Waals surface area contributed by atoms with Crippen molar-refractivity contribution in [3.8, 4) is 0 Å². The van der Waals surface area contributed by atoms with Gasteiger partial charge in [0.1, 0.15) is 6.10 Å². The Bertz CT molecular complexity index is 508. The number of ether oxygens (including phenoxy) is 1. The van der Waals surface area contributed by atoms with Crippen molar-refractivity contribution in [2.75, 3.05) is 6.61 Å². The van der Waals surface area contributed by atoms with Crippen LogP contribution in [0.25, 0.3) is 0 Å². The molecule has 1 fully saturated rings. The summed E-state index contributed by atoms with van der Waals surface area (Å²) in [6.45, 7) is 21.6. The normalized spacial score (nSPS) is 25.2. The molecule has 25 heavy (non-hydrogen) atoms. The highest BCUT2D eigenvalue weighted by Crippen LogP contribution is 2.45. The number of hydrogen-bond acceptors (Lipinski definition) is 4. The van der Waals surface area contributed by atoms with E-state index in [4.69, 9.17) is 36.8 Å². The molecule has 148 valence electrons. The lowest BCUT2D eigenvalue weighted by atomic mass is 10.2. The van der Waals surface area contributed by atoms with Crippen molar-refractivity contribution in [3.63, 3.8) is 0 Å². The van der Waals surface area contributed by atoms with Crippen LogP contribution < -0.4 is 0 Å². The van der Waals surface area contributed by atoms with Crippen molar-refractivity contribution in [3.05, 3.63) is 0 Å².